The lowest BCUT2D eigenvalue weighted by molar-refractivity contribution is -0.126. The minimum atomic E-state index is -0.547. The molecule has 0 atom stereocenters. The van der Waals surface area contributed by atoms with E-state index in [1.807, 2.05) is 39.1 Å². The molecule has 1 aliphatic rings. The molecule has 1 saturated heterocycles. The largest absolute Gasteiger partial charge is 0.355 e. The van der Waals surface area contributed by atoms with Crippen molar-refractivity contribution in [3.05, 3.63) is 28.8 Å². The maximum Gasteiger partial charge on any atom is 0.245 e. The Kier molecular flexibility index (Phi) is 4.02. The van der Waals surface area contributed by atoms with Crippen LogP contribution in [0, 0.1) is 0 Å². The van der Waals surface area contributed by atoms with Gasteiger partial charge in [-0.2, -0.15) is 0 Å². The molecule has 1 fully saturated rings. The highest BCUT2D eigenvalue weighted by Gasteiger charge is 2.38. The van der Waals surface area contributed by atoms with Gasteiger partial charge in [-0.3, -0.25) is 4.79 Å². The summed E-state index contributed by atoms with van der Waals surface area (Å²) < 4.78 is 0. The fraction of sp³-hybridized carbons (Fsp3) is 0.500. The normalized spacial score (nSPS) is 18.3. The smallest absolute Gasteiger partial charge is 0.245 e. The predicted molar refractivity (Wildman–Crippen MR) is 78.7 cm³/mol. The van der Waals surface area contributed by atoms with Gasteiger partial charge in [-0.1, -0.05) is 11.6 Å². The summed E-state index contributed by atoms with van der Waals surface area (Å²) in [6.45, 7) is 6.09. The minimum Gasteiger partial charge on any atom is -0.355 e. The lowest BCUT2D eigenvalue weighted by atomic mass is 9.96. The SMILES string of the molecule is CNCc1cc(Cl)ccc1N1CCNC(=O)C1(C)C. The minimum absolute atomic E-state index is 0.0594. The number of anilines is 1. The molecule has 104 valence electrons. The van der Waals surface area contributed by atoms with Gasteiger partial charge in [0.05, 0.1) is 0 Å². The number of carbonyl (C=O) groups excluding carboxylic acids is 1. The molecule has 1 amide bonds. The van der Waals surface area contributed by atoms with E-state index < -0.39 is 5.54 Å². The van der Waals surface area contributed by atoms with Gasteiger partial charge in [-0.15, -0.1) is 0 Å². The molecule has 1 aromatic rings. The maximum absolute atomic E-state index is 12.0. The van der Waals surface area contributed by atoms with Gasteiger partial charge in [0.1, 0.15) is 5.54 Å². The van der Waals surface area contributed by atoms with Gasteiger partial charge in [0.2, 0.25) is 5.91 Å². The zero-order valence-electron chi connectivity index (χ0n) is 11.6. The van der Waals surface area contributed by atoms with E-state index in [2.05, 4.69) is 15.5 Å². The first-order valence-corrected chi connectivity index (χ1v) is 6.83. The van der Waals surface area contributed by atoms with E-state index in [4.69, 9.17) is 11.6 Å². The van der Waals surface area contributed by atoms with E-state index in [0.29, 0.717) is 11.6 Å². The molecule has 2 N–H and O–H groups in total. The Labute approximate surface area is 119 Å². The van der Waals surface area contributed by atoms with Crippen LogP contribution in [-0.2, 0) is 11.3 Å². The first-order valence-electron chi connectivity index (χ1n) is 6.46. The molecule has 0 unspecified atom stereocenters. The van der Waals surface area contributed by atoms with E-state index in [-0.39, 0.29) is 5.91 Å². The molecule has 0 aliphatic carbocycles. The van der Waals surface area contributed by atoms with Crippen LogP contribution >= 0.6 is 11.6 Å². The highest BCUT2D eigenvalue weighted by atomic mass is 35.5. The lowest BCUT2D eigenvalue weighted by Gasteiger charge is -2.43. The zero-order chi connectivity index (χ0) is 14.0. The number of hydrogen-bond donors (Lipinski definition) is 2. The summed E-state index contributed by atoms with van der Waals surface area (Å²) in [5, 5.41) is 6.77. The Morgan fingerprint density at radius 3 is 2.89 bits per heavy atom. The highest BCUT2D eigenvalue weighted by molar-refractivity contribution is 6.30. The second-order valence-corrected chi connectivity index (χ2v) is 5.71. The van der Waals surface area contributed by atoms with E-state index in [1.54, 1.807) is 0 Å². The number of carbonyl (C=O) groups is 1. The monoisotopic (exact) mass is 281 g/mol. The quantitative estimate of drug-likeness (QED) is 0.888. The van der Waals surface area contributed by atoms with Crippen molar-refractivity contribution in [3.8, 4) is 0 Å². The third-order valence-corrected chi connectivity index (χ3v) is 3.79. The third kappa shape index (κ3) is 2.69. The number of halogens is 1. The number of piperazine rings is 1. The van der Waals surface area contributed by atoms with Crippen LogP contribution in [0.2, 0.25) is 5.02 Å². The Hall–Kier alpha value is -1.26. The number of amides is 1. The van der Waals surface area contributed by atoms with Gasteiger partial charge in [0.15, 0.2) is 0 Å². The molecule has 0 radical (unpaired) electrons. The standard InChI is InChI=1S/C14H20ClN3O/c1-14(2)13(19)17-6-7-18(14)12-5-4-11(15)8-10(12)9-16-3/h4-5,8,16H,6-7,9H2,1-3H3,(H,17,19). The summed E-state index contributed by atoms with van der Waals surface area (Å²) in [6.07, 6.45) is 0. The molecule has 0 aromatic heterocycles. The average Bonchev–Trinajstić information content (AvgIpc) is 2.34. The third-order valence-electron chi connectivity index (χ3n) is 3.55. The number of rotatable bonds is 3. The van der Waals surface area contributed by atoms with Crippen molar-refractivity contribution in [2.24, 2.45) is 0 Å². The van der Waals surface area contributed by atoms with Crippen LogP contribution in [-0.4, -0.2) is 31.6 Å². The summed E-state index contributed by atoms with van der Waals surface area (Å²) in [6, 6.07) is 5.82. The molecule has 4 nitrogen and oxygen atoms in total. The van der Waals surface area contributed by atoms with E-state index in [0.717, 1.165) is 24.3 Å². The molecule has 5 heteroatoms. The van der Waals surface area contributed by atoms with Crippen molar-refractivity contribution < 1.29 is 4.79 Å². The van der Waals surface area contributed by atoms with Gasteiger partial charge in [0, 0.05) is 30.3 Å². The molecule has 1 aromatic carbocycles. The number of benzene rings is 1. The van der Waals surface area contributed by atoms with Crippen molar-refractivity contribution in [2.75, 3.05) is 25.0 Å². The van der Waals surface area contributed by atoms with Crippen molar-refractivity contribution >= 4 is 23.2 Å². The van der Waals surface area contributed by atoms with Crippen LogP contribution in [0.3, 0.4) is 0 Å². The van der Waals surface area contributed by atoms with Gasteiger partial charge in [-0.05, 0) is 44.7 Å². The van der Waals surface area contributed by atoms with Crippen LogP contribution in [0.4, 0.5) is 5.69 Å². The molecule has 1 aliphatic heterocycles. The second-order valence-electron chi connectivity index (χ2n) is 5.27. The van der Waals surface area contributed by atoms with Crippen LogP contribution in [0.1, 0.15) is 19.4 Å². The van der Waals surface area contributed by atoms with Crippen molar-refractivity contribution in [2.45, 2.75) is 25.9 Å². The number of hydrogen-bond acceptors (Lipinski definition) is 3. The summed E-state index contributed by atoms with van der Waals surface area (Å²) in [4.78, 5) is 14.2. The Bertz CT molecular complexity index is 488. The predicted octanol–water partition coefficient (Wildman–Crippen LogP) is 1.77. The highest BCUT2D eigenvalue weighted by Crippen LogP contribution is 2.31. The Morgan fingerprint density at radius 1 is 1.47 bits per heavy atom. The van der Waals surface area contributed by atoms with Crippen molar-refractivity contribution in [1.82, 2.24) is 10.6 Å². The molecule has 0 saturated carbocycles. The summed E-state index contributed by atoms with van der Waals surface area (Å²) >= 11 is 6.07. The first-order chi connectivity index (χ1) is 8.96. The zero-order valence-corrected chi connectivity index (χ0v) is 12.3. The Balaban J connectivity index is 2.42. The van der Waals surface area contributed by atoms with Gasteiger partial charge >= 0.3 is 0 Å². The van der Waals surface area contributed by atoms with Gasteiger partial charge in [0.25, 0.3) is 0 Å². The topological polar surface area (TPSA) is 44.4 Å². The van der Waals surface area contributed by atoms with Crippen LogP contribution < -0.4 is 15.5 Å². The van der Waals surface area contributed by atoms with Gasteiger partial charge in [-0.25, -0.2) is 0 Å². The summed E-state index contributed by atoms with van der Waals surface area (Å²) in [5.41, 5.74) is 1.63. The fourth-order valence-electron chi connectivity index (χ4n) is 2.47. The van der Waals surface area contributed by atoms with Crippen molar-refractivity contribution in [3.63, 3.8) is 0 Å². The number of nitrogens with one attached hydrogen (secondary N) is 2. The molecule has 1 heterocycles. The fourth-order valence-corrected chi connectivity index (χ4v) is 2.67. The van der Waals surface area contributed by atoms with E-state index in [1.165, 1.54) is 0 Å². The molecule has 0 spiro atoms. The first kappa shape index (κ1) is 14.2. The Morgan fingerprint density at radius 2 is 2.21 bits per heavy atom. The van der Waals surface area contributed by atoms with Gasteiger partial charge < -0.3 is 15.5 Å². The van der Waals surface area contributed by atoms with Crippen LogP contribution in [0.5, 0.6) is 0 Å². The molecule has 2 rings (SSSR count). The molecular weight excluding hydrogens is 262 g/mol. The lowest BCUT2D eigenvalue weighted by Crippen LogP contribution is -2.62. The van der Waals surface area contributed by atoms with Crippen LogP contribution in [0.15, 0.2) is 18.2 Å². The molecule has 0 bridgehead atoms. The number of nitrogens with zero attached hydrogens (tertiary/aromatic N) is 1. The molecule has 19 heavy (non-hydrogen) atoms. The van der Waals surface area contributed by atoms with Crippen molar-refractivity contribution in [1.29, 1.82) is 0 Å². The molecular formula is C14H20ClN3O. The second kappa shape index (κ2) is 5.39. The maximum atomic E-state index is 12.0. The van der Waals surface area contributed by atoms with E-state index >= 15 is 0 Å². The van der Waals surface area contributed by atoms with E-state index in [9.17, 15) is 4.79 Å². The average molecular weight is 282 g/mol. The van der Waals surface area contributed by atoms with Crippen LogP contribution in [0.25, 0.3) is 0 Å². The summed E-state index contributed by atoms with van der Waals surface area (Å²) in [5.74, 6) is 0.0594. The summed E-state index contributed by atoms with van der Waals surface area (Å²) in [7, 11) is 1.90.